The van der Waals surface area contributed by atoms with Gasteiger partial charge in [-0.15, -0.1) is 0 Å². The van der Waals surface area contributed by atoms with Gasteiger partial charge in [-0.1, -0.05) is 0 Å². The minimum Gasteiger partial charge on any atom is -0.416 e. The van der Waals surface area contributed by atoms with Crippen molar-refractivity contribution in [2.45, 2.75) is 65.6 Å². The van der Waals surface area contributed by atoms with Gasteiger partial charge >= 0.3 is 34.2 Å². The van der Waals surface area contributed by atoms with Crippen molar-refractivity contribution in [2.24, 2.45) is 0 Å². The van der Waals surface area contributed by atoms with Crippen molar-refractivity contribution in [1.82, 2.24) is 0 Å². The number of hydrogen-bond donors (Lipinski definition) is 0. The molecule has 132 valence electrons. The number of rotatable bonds is 5. The molecule has 1 fully saturated rings. The maximum Gasteiger partial charge on any atom is 0.375 e. The van der Waals surface area contributed by atoms with E-state index in [4.69, 9.17) is 25.9 Å². The van der Waals surface area contributed by atoms with Crippen LogP contribution in [0.2, 0.25) is 45.8 Å². The number of hydrogen-bond acceptors (Lipinski definition) is 6. The van der Waals surface area contributed by atoms with Crippen molar-refractivity contribution < 1.29 is 25.9 Å². The Hall–Kier alpha value is 0.628. The van der Waals surface area contributed by atoms with E-state index in [1.807, 2.05) is 46.6 Å². The molecule has 0 unspecified atom stereocenters. The molecule has 0 aromatic rings. The summed E-state index contributed by atoms with van der Waals surface area (Å²) in [5.74, 6) is -0.476. The molecule has 22 heavy (non-hydrogen) atoms. The second-order valence-electron chi connectivity index (χ2n) is 6.87. The smallest absolute Gasteiger partial charge is 0.375 e. The third kappa shape index (κ3) is 5.92. The zero-order valence-electron chi connectivity index (χ0n) is 15.4. The molecule has 1 aliphatic heterocycles. The molecular weight excluding hydrogens is 352 g/mol. The average molecular weight is 385 g/mol. The van der Waals surface area contributed by atoms with Crippen LogP contribution in [0.1, 0.15) is 13.8 Å². The Kier molecular flexibility index (Phi) is 6.81. The standard InChI is InChI=1S/C12H32O6Si4/c1-10-13-12(14-11-2)22(9)17-20(5,6)15-19(3,4)16-21(7,8)18-22/h12H,10-11H2,1-9H3. The van der Waals surface area contributed by atoms with Crippen LogP contribution >= 0.6 is 0 Å². The topological polar surface area (TPSA) is 55.4 Å². The molecule has 1 rings (SSSR count). The Balaban J connectivity index is 3.15. The lowest BCUT2D eigenvalue weighted by Crippen LogP contribution is -2.69. The molecule has 6 nitrogen and oxygen atoms in total. The van der Waals surface area contributed by atoms with Crippen LogP contribution in [0.3, 0.4) is 0 Å². The largest absolute Gasteiger partial charge is 0.416 e. The van der Waals surface area contributed by atoms with Crippen LogP contribution in [0, 0.1) is 0 Å². The fourth-order valence-corrected chi connectivity index (χ4v) is 24.1. The Bertz CT molecular complexity index is 349. The number of ether oxygens (including phenoxy) is 2. The fourth-order valence-electron chi connectivity index (χ4n) is 2.99. The lowest BCUT2D eigenvalue weighted by Gasteiger charge is -2.48. The summed E-state index contributed by atoms with van der Waals surface area (Å²) in [6.07, 6.45) is 0. The SMILES string of the molecule is CCOC(OCC)[Si]1(C)O[Si](C)(C)O[Si](C)(C)O[Si](C)(C)O1. The van der Waals surface area contributed by atoms with E-state index in [-0.39, 0.29) is 0 Å². The van der Waals surface area contributed by atoms with Gasteiger partial charge in [0, 0.05) is 13.2 Å². The monoisotopic (exact) mass is 384 g/mol. The average Bonchev–Trinajstić information content (AvgIpc) is 2.21. The van der Waals surface area contributed by atoms with Crippen LogP contribution < -0.4 is 0 Å². The van der Waals surface area contributed by atoms with Crippen molar-refractivity contribution in [3.8, 4) is 0 Å². The third-order valence-corrected chi connectivity index (χ3v) is 19.2. The first-order valence-corrected chi connectivity index (χ1v) is 18.7. The maximum atomic E-state index is 6.48. The third-order valence-electron chi connectivity index (χ3n) is 2.94. The summed E-state index contributed by atoms with van der Waals surface area (Å²) in [7, 11) is -9.82. The van der Waals surface area contributed by atoms with Gasteiger partial charge in [-0.25, -0.2) is 0 Å². The molecule has 0 bridgehead atoms. The quantitative estimate of drug-likeness (QED) is 0.536. The normalized spacial score (nSPS) is 26.5. The van der Waals surface area contributed by atoms with Crippen molar-refractivity contribution in [3.05, 3.63) is 0 Å². The molecular formula is C12H32O6Si4. The summed E-state index contributed by atoms with van der Waals surface area (Å²) in [4.78, 5) is 0. The predicted octanol–water partition coefficient (Wildman–Crippen LogP) is 3.18. The molecule has 0 saturated carbocycles. The van der Waals surface area contributed by atoms with Gasteiger partial charge in [0.05, 0.1) is 0 Å². The first-order valence-electron chi connectivity index (χ1n) is 7.88. The highest BCUT2D eigenvalue weighted by Crippen LogP contribution is 2.33. The molecule has 0 atom stereocenters. The molecule has 0 spiro atoms. The van der Waals surface area contributed by atoms with E-state index in [1.54, 1.807) is 0 Å². The van der Waals surface area contributed by atoms with Crippen LogP contribution in [0.15, 0.2) is 0 Å². The first kappa shape index (κ1) is 20.7. The van der Waals surface area contributed by atoms with Gasteiger partial charge in [0.1, 0.15) is 0 Å². The van der Waals surface area contributed by atoms with Crippen LogP contribution in [0.25, 0.3) is 0 Å². The van der Waals surface area contributed by atoms with Gasteiger partial charge in [0.25, 0.3) is 0 Å². The zero-order valence-corrected chi connectivity index (χ0v) is 19.4. The summed E-state index contributed by atoms with van der Waals surface area (Å²) in [5, 5.41) is 0. The van der Waals surface area contributed by atoms with Gasteiger partial charge in [-0.2, -0.15) is 0 Å². The Morgan fingerprint density at radius 3 is 1.27 bits per heavy atom. The molecule has 0 aromatic heterocycles. The van der Waals surface area contributed by atoms with Crippen LogP contribution in [0.4, 0.5) is 0 Å². The molecule has 10 heteroatoms. The summed E-state index contributed by atoms with van der Waals surface area (Å²) < 4.78 is 37.2. The molecule has 0 radical (unpaired) electrons. The highest BCUT2D eigenvalue weighted by atomic mass is 28.5. The second kappa shape index (κ2) is 7.25. The van der Waals surface area contributed by atoms with Gasteiger partial charge in [-0.05, 0) is 59.7 Å². The van der Waals surface area contributed by atoms with Gasteiger partial charge < -0.3 is 25.9 Å². The predicted molar refractivity (Wildman–Crippen MR) is 95.4 cm³/mol. The fraction of sp³-hybridized carbons (Fsp3) is 1.00. The minimum absolute atomic E-state index is 0.476. The van der Waals surface area contributed by atoms with E-state index in [0.29, 0.717) is 13.2 Å². The van der Waals surface area contributed by atoms with Crippen LogP contribution in [0.5, 0.6) is 0 Å². The van der Waals surface area contributed by atoms with E-state index >= 15 is 0 Å². The first-order chi connectivity index (χ1) is 9.85. The van der Waals surface area contributed by atoms with Gasteiger partial charge in [-0.3, -0.25) is 0 Å². The summed E-state index contributed by atoms with van der Waals surface area (Å²) in [6, 6.07) is 0. The lowest BCUT2D eigenvalue weighted by molar-refractivity contribution is -0.105. The summed E-state index contributed by atoms with van der Waals surface area (Å²) >= 11 is 0. The van der Waals surface area contributed by atoms with Crippen molar-refractivity contribution in [1.29, 1.82) is 0 Å². The van der Waals surface area contributed by atoms with E-state index < -0.39 is 40.2 Å². The summed E-state index contributed by atoms with van der Waals surface area (Å²) in [6.45, 7) is 19.2. The zero-order chi connectivity index (χ0) is 17.2. The van der Waals surface area contributed by atoms with E-state index in [2.05, 4.69) is 13.1 Å². The lowest BCUT2D eigenvalue weighted by atomic mass is 10.8. The molecule has 1 aliphatic rings. The van der Waals surface area contributed by atoms with E-state index in [9.17, 15) is 0 Å². The van der Waals surface area contributed by atoms with Crippen molar-refractivity contribution in [2.75, 3.05) is 13.2 Å². The molecule has 0 N–H and O–H groups in total. The van der Waals surface area contributed by atoms with Gasteiger partial charge in [0.15, 0.2) is 5.91 Å². The highest BCUT2D eigenvalue weighted by Gasteiger charge is 2.56. The van der Waals surface area contributed by atoms with E-state index in [0.717, 1.165) is 0 Å². The Labute approximate surface area is 139 Å². The van der Waals surface area contributed by atoms with Crippen LogP contribution in [-0.2, 0) is 25.9 Å². The minimum atomic E-state index is -2.77. The molecule has 0 amide bonds. The highest BCUT2D eigenvalue weighted by molar-refractivity contribution is 6.93. The van der Waals surface area contributed by atoms with Gasteiger partial charge in [0.2, 0.25) is 0 Å². The van der Waals surface area contributed by atoms with Crippen molar-refractivity contribution >= 4 is 34.2 Å². The Morgan fingerprint density at radius 1 is 0.636 bits per heavy atom. The maximum absolute atomic E-state index is 6.48. The Morgan fingerprint density at radius 2 is 0.955 bits per heavy atom. The molecule has 0 aliphatic carbocycles. The summed E-state index contributed by atoms with van der Waals surface area (Å²) in [5.41, 5.74) is 0. The van der Waals surface area contributed by atoms with Crippen molar-refractivity contribution in [3.63, 3.8) is 0 Å². The molecule has 1 heterocycles. The van der Waals surface area contributed by atoms with E-state index in [1.165, 1.54) is 0 Å². The van der Waals surface area contributed by atoms with Crippen LogP contribution in [-0.4, -0.2) is 53.4 Å². The second-order valence-corrected chi connectivity index (χ2v) is 21.0. The molecule has 0 aromatic carbocycles. The molecule has 1 saturated heterocycles.